The Morgan fingerprint density at radius 1 is 1.04 bits per heavy atom. The summed E-state index contributed by atoms with van der Waals surface area (Å²) in [5.41, 5.74) is 4.85. The van der Waals surface area contributed by atoms with Gasteiger partial charge in [0.05, 0.1) is 17.4 Å². The maximum absolute atomic E-state index is 13.3. The Balaban J connectivity index is 2.17. The third kappa shape index (κ3) is 2.94. The summed E-state index contributed by atoms with van der Waals surface area (Å²) in [6.07, 6.45) is -0.347. The summed E-state index contributed by atoms with van der Waals surface area (Å²) in [5, 5.41) is 9.76. The van der Waals surface area contributed by atoms with Gasteiger partial charge in [-0.25, -0.2) is 4.79 Å². The van der Waals surface area contributed by atoms with Gasteiger partial charge in [-0.15, -0.1) is 0 Å². The summed E-state index contributed by atoms with van der Waals surface area (Å²) in [5.74, 6) is -0.0870. The van der Waals surface area contributed by atoms with Crippen molar-refractivity contribution >= 4 is 23.4 Å². The molecular formula is C21H24N2O3. The van der Waals surface area contributed by atoms with E-state index in [1.165, 1.54) is 4.90 Å². The lowest BCUT2D eigenvalue weighted by Crippen LogP contribution is -2.52. The van der Waals surface area contributed by atoms with Gasteiger partial charge in [0.25, 0.3) is 5.91 Å². The molecule has 0 saturated heterocycles. The van der Waals surface area contributed by atoms with Crippen LogP contribution in [0.3, 0.4) is 0 Å². The lowest BCUT2D eigenvalue weighted by atomic mass is 9.99. The van der Waals surface area contributed by atoms with Gasteiger partial charge in [-0.2, -0.15) is 0 Å². The lowest BCUT2D eigenvalue weighted by molar-refractivity contribution is 0.0982. The molecule has 0 aromatic heterocycles. The van der Waals surface area contributed by atoms with E-state index in [0.29, 0.717) is 29.9 Å². The van der Waals surface area contributed by atoms with Gasteiger partial charge in [0, 0.05) is 12.1 Å². The molecule has 0 fully saturated rings. The van der Waals surface area contributed by atoms with Gasteiger partial charge in [-0.05, 0) is 62.1 Å². The fraction of sp³-hybridized carbons (Fsp3) is 0.333. The van der Waals surface area contributed by atoms with Crippen molar-refractivity contribution in [2.75, 3.05) is 16.3 Å². The number of anilines is 2. The number of fused-ring (bicyclic) bond motifs is 1. The summed E-state index contributed by atoms with van der Waals surface area (Å²) in [6, 6.07) is 11.0. The van der Waals surface area contributed by atoms with Crippen molar-refractivity contribution in [3.8, 4) is 0 Å². The molecule has 1 heterocycles. The van der Waals surface area contributed by atoms with Crippen LogP contribution in [0.15, 0.2) is 36.4 Å². The van der Waals surface area contributed by atoms with Gasteiger partial charge in [0.2, 0.25) is 0 Å². The van der Waals surface area contributed by atoms with Gasteiger partial charge in [0.1, 0.15) is 0 Å². The Morgan fingerprint density at radius 3 is 2.23 bits per heavy atom. The van der Waals surface area contributed by atoms with Crippen LogP contribution in [-0.2, 0) is 0 Å². The molecule has 5 heteroatoms. The van der Waals surface area contributed by atoms with Crippen LogP contribution < -0.4 is 9.80 Å². The highest BCUT2D eigenvalue weighted by molar-refractivity contribution is 6.11. The van der Waals surface area contributed by atoms with E-state index in [4.69, 9.17) is 0 Å². The third-order valence-electron chi connectivity index (χ3n) is 5.20. The molecule has 0 aliphatic carbocycles. The molecule has 1 atom stereocenters. The third-order valence-corrected chi connectivity index (χ3v) is 5.20. The fourth-order valence-corrected chi connectivity index (χ4v) is 3.50. The highest BCUT2D eigenvalue weighted by Crippen LogP contribution is 2.39. The molecule has 26 heavy (non-hydrogen) atoms. The van der Waals surface area contributed by atoms with E-state index in [2.05, 4.69) is 0 Å². The molecule has 1 aliphatic heterocycles. The quantitative estimate of drug-likeness (QED) is 0.863. The second-order valence-corrected chi connectivity index (χ2v) is 6.87. The number of benzene rings is 2. The van der Waals surface area contributed by atoms with Crippen molar-refractivity contribution in [1.29, 1.82) is 0 Å². The van der Waals surface area contributed by atoms with Crippen molar-refractivity contribution in [3.05, 3.63) is 58.7 Å². The number of carbonyl (C=O) groups is 2. The second kappa shape index (κ2) is 6.83. The molecule has 0 saturated carbocycles. The first-order valence-electron chi connectivity index (χ1n) is 8.86. The van der Waals surface area contributed by atoms with Crippen LogP contribution in [0.25, 0.3) is 0 Å². The van der Waals surface area contributed by atoms with Gasteiger partial charge in [-0.1, -0.05) is 25.1 Å². The first-order valence-corrected chi connectivity index (χ1v) is 8.86. The van der Waals surface area contributed by atoms with Crippen molar-refractivity contribution in [2.45, 2.75) is 40.2 Å². The lowest BCUT2D eigenvalue weighted by Gasteiger charge is -2.41. The van der Waals surface area contributed by atoms with Crippen LogP contribution in [-0.4, -0.2) is 29.7 Å². The summed E-state index contributed by atoms with van der Waals surface area (Å²) in [7, 11) is 0. The molecule has 136 valence electrons. The first kappa shape index (κ1) is 18.0. The molecular weight excluding hydrogens is 328 g/mol. The van der Waals surface area contributed by atoms with Crippen LogP contribution in [0.4, 0.5) is 16.2 Å². The Labute approximate surface area is 153 Å². The van der Waals surface area contributed by atoms with E-state index < -0.39 is 6.09 Å². The summed E-state index contributed by atoms with van der Waals surface area (Å²) < 4.78 is 0. The first-order chi connectivity index (χ1) is 12.3. The van der Waals surface area contributed by atoms with Gasteiger partial charge < -0.3 is 10.0 Å². The number of hydrogen-bond acceptors (Lipinski definition) is 2. The molecule has 2 amide bonds. The minimum absolute atomic E-state index is 0.0870. The molecule has 1 unspecified atom stereocenters. The number of nitrogens with zero attached hydrogens (tertiary/aromatic N) is 2. The van der Waals surface area contributed by atoms with Crippen LogP contribution in [0, 0.1) is 20.8 Å². The molecule has 0 radical (unpaired) electrons. The molecule has 1 aliphatic rings. The zero-order valence-corrected chi connectivity index (χ0v) is 15.6. The zero-order valence-electron chi connectivity index (χ0n) is 15.6. The minimum Gasteiger partial charge on any atom is -0.465 e. The number of carbonyl (C=O) groups excluding carboxylic acids is 1. The van der Waals surface area contributed by atoms with E-state index in [1.54, 1.807) is 4.90 Å². The molecule has 0 spiro atoms. The maximum Gasteiger partial charge on any atom is 0.412 e. The van der Waals surface area contributed by atoms with Gasteiger partial charge in [0.15, 0.2) is 0 Å². The normalized spacial score (nSPS) is 16.4. The molecule has 2 aromatic carbocycles. The van der Waals surface area contributed by atoms with E-state index >= 15 is 0 Å². The average Bonchev–Trinajstić information content (AvgIpc) is 2.61. The molecule has 0 bridgehead atoms. The van der Waals surface area contributed by atoms with Crippen molar-refractivity contribution < 1.29 is 14.7 Å². The zero-order chi connectivity index (χ0) is 19.0. The largest absolute Gasteiger partial charge is 0.465 e. The van der Waals surface area contributed by atoms with E-state index in [-0.39, 0.29) is 11.9 Å². The highest BCUT2D eigenvalue weighted by atomic mass is 16.4. The smallest absolute Gasteiger partial charge is 0.412 e. The predicted octanol–water partition coefficient (Wildman–Crippen LogP) is 4.54. The monoisotopic (exact) mass is 352 g/mol. The summed E-state index contributed by atoms with van der Waals surface area (Å²) >= 11 is 0. The van der Waals surface area contributed by atoms with Crippen molar-refractivity contribution in [3.63, 3.8) is 0 Å². The second-order valence-electron chi connectivity index (χ2n) is 6.87. The SMILES string of the molecule is CCC1CN(C(=O)c2ccccc2C)c2cc(C)c(C)cc2N1C(=O)O. The van der Waals surface area contributed by atoms with E-state index in [9.17, 15) is 14.7 Å². The van der Waals surface area contributed by atoms with Crippen LogP contribution in [0.1, 0.15) is 40.4 Å². The molecule has 1 N–H and O–H groups in total. The maximum atomic E-state index is 13.3. The number of amides is 2. The molecule has 5 nitrogen and oxygen atoms in total. The van der Waals surface area contributed by atoms with Gasteiger partial charge >= 0.3 is 6.09 Å². The summed E-state index contributed by atoms with van der Waals surface area (Å²) in [4.78, 5) is 28.3. The Bertz CT molecular complexity index is 876. The predicted molar refractivity (Wildman–Crippen MR) is 103 cm³/mol. The van der Waals surface area contributed by atoms with E-state index in [0.717, 1.165) is 16.7 Å². The van der Waals surface area contributed by atoms with Crippen LogP contribution >= 0.6 is 0 Å². The van der Waals surface area contributed by atoms with Crippen LogP contribution in [0.2, 0.25) is 0 Å². The molecule has 2 aromatic rings. The number of hydrogen-bond donors (Lipinski definition) is 1. The number of aryl methyl sites for hydroxylation is 3. The standard InChI is InChI=1S/C21H24N2O3/c1-5-16-12-22(20(24)17-9-7-6-8-13(17)2)18-10-14(3)15(4)11-19(18)23(16)21(25)26/h6-11,16H,5,12H2,1-4H3,(H,25,26). The van der Waals surface area contributed by atoms with E-state index in [1.807, 2.05) is 64.1 Å². The van der Waals surface area contributed by atoms with Crippen LogP contribution in [0.5, 0.6) is 0 Å². The van der Waals surface area contributed by atoms with Crippen molar-refractivity contribution in [1.82, 2.24) is 0 Å². The van der Waals surface area contributed by atoms with Crippen molar-refractivity contribution in [2.24, 2.45) is 0 Å². The topological polar surface area (TPSA) is 60.9 Å². The Morgan fingerprint density at radius 2 is 1.65 bits per heavy atom. The highest BCUT2D eigenvalue weighted by Gasteiger charge is 2.37. The number of carboxylic acid groups (broad SMARTS) is 1. The summed E-state index contributed by atoms with van der Waals surface area (Å²) in [6.45, 7) is 8.15. The molecule has 3 rings (SSSR count). The average molecular weight is 352 g/mol. The van der Waals surface area contributed by atoms with Gasteiger partial charge in [-0.3, -0.25) is 9.69 Å². The fourth-order valence-electron chi connectivity index (χ4n) is 3.50. The Hall–Kier alpha value is -2.82. The minimum atomic E-state index is -0.982. The number of rotatable bonds is 2. The Kier molecular flexibility index (Phi) is 4.72.